The van der Waals surface area contributed by atoms with Crippen LogP contribution in [0.5, 0.6) is 23.0 Å². The zero-order chi connectivity index (χ0) is 63.1. The van der Waals surface area contributed by atoms with Crippen LogP contribution in [0.4, 0.5) is 22.7 Å². The fourth-order valence-electron chi connectivity index (χ4n) is 8.99. The molecule has 0 fully saturated rings. The summed E-state index contributed by atoms with van der Waals surface area (Å²) in [6, 6.07) is 14.1. The SMILES string of the molecule is COc1ccc(NC(=O)[C@H](CCCCN)NC(=O)c2cc(NC(=O)[C@H](CCCCN)NC(=O)c3cc(NC[C@H](CCCCN)NC(=O)c4cc(NC(=O)[C@H](CCCCN)NC(=O)CC(=O)O)ccc4OC)ccc3OC)ccc2OC)cc1C(N)=O. The van der Waals surface area contributed by atoms with Gasteiger partial charge in [0.25, 0.3) is 23.6 Å². The zero-order valence-electron chi connectivity index (χ0n) is 49.1. The molecule has 0 heterocycles. The van der Waals surface area contributed by atoms with Crippen molar-refractivity contribution in [2.45, 2.75) is 108 Å². The molecule has 8 amide bonds. The molecule has 0 unspecified atom stereocenters. The lowest BCUT2D eigenvalue weighted by atomic mass is 10.1. The van der Waals surface area contributed by atoms with Gasteiger partial charge in [-0.15, -0.1) is 0 Å². The number of carboxylic acid groups (broad SMARTS) is 1. The summed E-state index contributed by atoms with van der Waals surface area (Å²) in [5.41, 5.74) is 29.7. The van der Waals surface area contributed by atoms with Crippen molar-refractivity contribution in [1.82, 2.24) is 21.3 Å². The molecule has 86 heavy (non-hydrogen) atoms. The number of carboxylic acids is 1. The van der Waals surface area contributed by atoms with Crippen molar-refractivity contribution in [2.75, 3.05) is 82.4 Å². The average Bonchev–Trinajstić information content (AvgIpc) is 3.34. The Hall–Kier alpha value is -9.05. The molecule has 27 nitrogen and oxygen atoms in total. The number of amides is 8. The Morgan fingerprint density at radius 2 is 0.756 bits per heavy atom. The van der Waals surface area contributed by atoms with E-state index in [1.165, 1.54) is 89.1 Å². The summed E-state index contributed by atoms with van der Waals surface area (Å²) in [4.78, 5) is 119. The quantitative estimate of drug-likeness (QED) is 0.0226. The summed E-state index contributed by atoms with van der Waals surface area (Å²) in [6.07, 6.45) is 4.52. The van der Waals surface area contributed by atoms with Gasteiger partial charge < -0.3 is 95.3 Å². The second-order valence-corrected chi connectivity index (χ2v) is 19.9. The molecule has 0 aromatic heterocycles. The molecule has 4 aromatic rings. The number of primary amides is 1. The summed E-state index contributed by atoms with van der Waals surface area (Å²) in [6.45, 7) is 1.57. The molecule has 0 spiro atoms. The summed E-state index contributed by atoms with van der Waals surface area (Å²) in [7, 11) is 5.49. The number of nitrogens with two attached hydrogens (primary N) is 5. The molecule has 0 aliphatic heterocycles. The molecule has 0 saturated heterocycles. The molecule has 0 aliphatic carbocycles. The van der Waals surface area contributed by atoms with E-state index in [0.717, 1.165) is 0 Å². The number of aliphatic carboxylic acids is 1. The van der Waals surface area contributed by atoms with Crippen LogP contribution in [0.15, 0.2) is 72.8 Å². The number of benzene rings is 4. The summed E-state index contributed by atoms with van der Waals surface area (Å²) >= 11 is 0. The van der Waals surface area contributed by atoms with Crippen LogP contribution in [0.3, 0.4) is 0 Å². The summed E-state index contributed by atoms with van der Waals surface area (Å²) in [5.74, 6) is -6.04. The van der Waals surface area contributed by atoms with Gasteiger partial charge in [-0.25, -0.2) is 0 Å². The Balaban J connectivity index is 1.53. The van der Waals surface area contributed by atoms with Gasteiger partial charge in [0.1, 0.15) is 47.5 Å². The molecule has 0 saturated carbocycles. The first kappa shape index (κ1) is 69.4. The van der Waals surface area contributed by atoms with E-state index in [4.69, 9.17) is 52.7 Å². The highest BCUT2D eigenvalue weighted by atomic mass is 16.5. The zero-order valence-corrected chi connectivity index (χ0v) is 49.1. The third-order valence-electron chi connectivity index (χ3n) is 13.5. The van der Waals surface area contributed by atoms with Crippen LogP contribution in [0, 0.1) is 0 Å². The number of carbonyl (C=O) groups excluding carboxylic acids is 8. The minimum atomic E-state index is -1.36. The number of methoxy groups -OCH3 is 4. The number of rotatable bonds is 39. The highest BCUT2D eigenvalue weighted by molar-refractivity contribution is 6.06. The van der Waals surface area contributed by atoms with Gasteiger partial charge in [-0.05, 0) is 170 Å². The van der Waals surface area contributed by atoms with E-state index in [-0.39, 0.29) is 88.1 Å². The van der Waals surface area contributed by atoms with Crippen molar-refractivity contribution in [3.05, 3.63) is 95.1 Å². The fraction of sp³-hybridized carbons (Fsp3) is 0.441. The third kappa shape index (κ3) is 22.2. The Morgan fingerprint density at radius 3 is 1.12 bits per heavy atom. The smallest absolute Gasteiger partial charge is 0.312 e. The first-order valence-corrected chi connectivity index (χ1v) is 28.3. The monoisotopic (exact) mass is 1200 g/mol. The number of nitrogens with one attached hydrogen (secondary N) is 8. The molecule has 4 atom stereocenters. The van der Waals surface area contributed by atoms with E-state index in [0.29, 0.717) is 89.7 Å². The molecular formula is C59H83N13O14. The van der Waals surface area contributed by atoms with E-state index in [1.54, 1.807) is 12.1 Å². The van der Waals surface area contributed by atoms with Gasteiger partial charge in [-0.3, -0.25) is 43.2 Å². The molecule has 468 valence electrons. The van der Waals surface area contributed by atoms with Crippen molar-refractivity contribution >= 4 is 76.0 Å². The molecule has 27 heteroatoms. The minimum absolute atomic E-state index is 0.0264. The number of ether oxygens (including phenoxy) is 4. The van der Waals surface area contributed by atoms with Gasteiger partial charge >= 0.3 is 5.97 Å². The predicted molar refractivity (Wildman–Crippen MR) is 324 cm³/mol. The molecular weight excluding hydrogens is 1110 g/mol. The standard InChI is InChI=1S/C59H83N13O14/c1-83-47-22-18-36(30-40(47)53(64)76)66-58(81)45(15-7-11-27-62)72-56(79)43-32-38(20-24-50(43)86-4)68-59(82)46(16-8-12-28-63)71-55(78)41-29-35(17-21-48(41)84-2)65-34-39(13-5-9-25-60)69-54(77)42-31-37(19-23-49(42)85-3)67-57(80)44(14-6-10-26-61)70-51(73)33-52(74)75/h17-24,29-32,39,44-46,65H,5-16,25-28,33-34,60-63H2,1-4H3,(H2,64,76)(H,66,81)(H,67,80)(H,68,82)(H,69,77)(H,70,73)(H,71,78)(H,72,79)(H,74,75)/t39-,44-,45-,46-/m0/s1. The van der Waals surface area contributed by atoms with Gasteiger partial charge in [-0.2, -0.15) is 0 Å². The van der Waals surface area contributed by atoms with Crippen molar-refractivity contribution in [1.29, 1.82) is 0 Å². The van der Waals surface area contributed by atoms with Crippen molar-refractivity contribution < 1.29 is 67.2 Å². The van der Waals surface area contributed by atoms with E-state index in [2.05, 4.69) is 42.5 Å². The van der Waals surface area contributed by atoms with Crippen LogP contribution in [0.1, 0.15) is 125 Å². The van der Waals surface area contributed by atoms with E-state index >= 15 is 0 Å². The maximum atomic E-state index is 14.3. The molecule has 4 rings (SSSR count). The topological polar surface area (TPSA) is 437 Å². The van der Waals surface area contributed by atoms with Gasteiger partial charge in [-0.1, -0.05) is 6.42 Å². The summed E-state index contributed by atoms with van der Waals surface area (Å²) < 4.78 is 21.8. The van der Waals surface area contributed by atoms with Gasteiger partial charge in [0, 0.05) is 35.3 Å². The molecule has 4 aromatic carbocycles. The molecule has 0 bridgehead atoms. The van der Waals surface area contributed by atoms with Crippen molar-refractivity contribution in [3.8, 4) is 23.0 Å². The minimum Gasteiger partial charge on any atom is -0.496 e. The van der Waals surface area contributed by atoms with Crippen molar-refractivity contribution in [2.24, 2.45) is 28.7 Å². The number of carbonyl (C=O) groups is 9. The third-order valence-corrected chi connectivity index (χ3v) is 13.5. The van der Waals surface area contributed by atoms with Crippen LogP contribution in [-0.4, -0.2) is 144 Å². The highest BCUT2D eigenvalue weighted by Gasteiger charge is 2.28. The Bertz CT molecular complexity index is 2960. The number of anilines is 4. The average molecular weight is 1200 g/mol. The maximum Gasteiger partial charge on any atom is 0.312 e. The Morgan fingerprint density at radius 1 is 0.430 bits per heavy atom. The van der Waals surface area contributed by atoms with E-state index in [1.807, 2.05) is 0 Å². The Labute approximate surface area is 499 Å². The van der Waals surface area contributed by atoms with Crippen LogP contribution >= 0.6 is 0 Å². The van der Waals surface area contributed by atoms with Crippen LogP contribution in [-0.2, 0) is 24.0 Å². The van der Waals surface area contributed by atoms with Crippen LogP contribution in [0.25, 0.3) is 0 Å². The Kier molecular flexibility index (Phi) is 29.6. The lowest BCUT2D eigenvalue weighted by Gasteiger charge is -2.22. The maximum absolute atomic E-state index is 14.3. The molecule has 19 N–H and O–H groups in total. The number of hydrogen-bond donors (Lipinski definition) is 14. The molecule has 0 aliphatic rings. The van der Waals surface area contributed by atoms with Gasteiger partial charge in [0.05, 0.1) is 50.7 Å². The highest BCUT2D eigenvalue weighted by Crippen LogP contribution is 2.28. The lowest BCUT2D eigenvalue weighted by Crippen LogP contribution is -2.44. The summed E-state index contributed by atoms with van der Waals surface area (Å²) in [5, 5.41) is 31.7. The number of hydrogen-bond acceptors (Lipinski definition) is 18. The van der Waals surface area contributed by atoms with E-state index in [9.17, 15) is 43.2 Å². The fourth-order valence-corrected chi connectivity index (χ4v) is 8.99. The van der Waals surface area contributed by atoms with E-state index < -0.39 is 83.8 Å². The van der Waals surface area contributed by atoms with Crippen LogP contribution < -0.4 is 90.2 Å². The lowest BCUT2D eigenvalue weighted by molar-refractivity contribution is -0.141. The first-order chi connectivity index (χ1) is 41.3. The predicted octanol–water partition coefficient (Wildman–Crippen LogP) is 2.92. The second-order valence-electron chi connectivity index (χ2n) is 19.9. The van der Waals surface area contributed by atoms with Crippen molar-refractivity contribution in [3.63, 3.8) is 0 Å². The number of unbranched alkanes of at least 4 members (excludes halogenated alkanes) is 4. The van der Waals surface area contributed by atoms with Gasteiger partial charge in [0.2, 0.25) is 23.6 Å². The second kappa shape index (κ2) is 36.6. The van der Waals surface area contributed by atoms with Crippen LogP contribution in [0.2, 0.25) is 0 Å². The molecule has 0 radical (unpaired) electrons. The van der Waals surface area contributed by atoms with Gasteiger partial charge in [0.15, 0.2) is 0 Å². The normalized spacial score (nSPS) is 12.2. The first-order valence-electron chi connectivity index (χ1n) is 28.3. The largest absolute Gasteiger partial charge is 0.496 e.